The lowest BCUT2D eigenvalue weighted by Gasteiger charge is -2.13. The summed E-state index contributed by atoms with van der Waals surface area (Å²) in [5, 5.41) is 2.48. The van der Waals surface area contributed by atoms with E-state index >= 15 is 0 Å². The standard InChI is InChI=1S/C23H21BrN4O4/c24-19-11-13-20(14-12-19)25-21(26-22(29)31-15-17-7-3-1-4-8-17)27-28-23(30)32-16-18-9-5-2-6-10-18/h1-14H,15-16H2,(H,28,30)(H2,25,26,27,29). The van der Waals surface area contributed by atoms with Gasteiger partial charge in [0.2, 0.25) is 5.96 Å². The van der Waals surface area contributed by atoms with Crippen LogP contribution in [0.25, 0.3) is 0 Å². The van der Waals surface area contributed by atoms with Crippen molar-refractivity contribution >= 4 is 39.8 Å². The molecule has 0 aliphatic rings. The van der Waals surface area contributed by atoms with Gasteiger partial charge in [0, 0.05) is 4.47 Å². The molecule has 32 heavy (non-hydrogen) atoms. The highest BCUT2D eigenvalue weighted by Gasteiger charge is 2.10. The fraction of sp³-hybridized carbons (Fsp3) is 0.0870. The Balaban J connectivity index is 1.58. The van der Waals surface area contributed by atoms with Gasteiger partial charge in [-0.2, -0.15) is 0 Å². The highest BCUT2D eigenvalue weighted by atomic mass is 79.9. The summed E-state index contributed by atoms with van der Waals surface area (Å²) in [7, 11) is 0. The summed E-state index contributed by atoms with van der Waals surface area (Å²) in [5.41, 5.74) is 7.11. The van der Waals surface area contributed by atoms with Crippen LogP contribution in [-0.2, 0) is 22.7 Å². The number of guanidine groups is 1. The van der Waals surface area contributed by atoms with Crippen molar-refractivity contribution in [3.63, 3.8) is 0 Å². The van der Waals surface area contributed by atoms with Gasteiger partial charge in [-0.25, -0.2) is 20.0 Å². The summed E-state index contributed by atoms with van der Waals surface area (Å²) < 4.78 is 11.2. The van der Waals surface area contributed by atoms with Crippen LogP contribution in [0, 0.1) is 0 Å². The van der Waals surface area contributed by atoms with Gasteiger partial charge in [-0.05, 0) is 35.4 Å². The number of nitrogens with one attached hydrogen (secondary N) is 3. The number of alkyl carbamates (subject to hydrolysis) is 1. The van der Waals surface area contributed by atoms with Crippen LogP contribution in [0.1, 0.15) is 11.1 Å². The topological polar surface area (TPSA) is 101 Å². The van der Waals surface area contributed by atoms with Crippen molar-refractivity contribution in [2.24, 2.45) is 4.99 Å². The van der Waals surface area contributed by atoms with E-state index in [0.29, 0.717) is 5.69 Å². The average molecular weight is 497 g/mol. The number of amides is 2. The summed E-state index contributed by atoms with van der Waals surface area (Å²) in [5.74, 6) is -0.0398. The maximum absolute atomic E-state index is 12.2. The Bertz CT molecular complexity index is 1040. The van der Waals surface area contributed by atoms with E-state index in [1.165, 1.54) is 0 Å². The van der Waals surface area contributed by atoms with Gasteiger partial charge in [-0.15, -0.1) is 0 Å². The molecule has 2 amide bonds. The Morgan fingerprint density at radius 3 is 1.81 bits per heavy atom. The molecule has 0 aromatic heterocycles. The third kappa shape index (κ3) is 8.11. The minimum atomic E-state index is -0.739. The van der Waals surface area contributed by atoms with Crippen LogP contribution >= 0.6 is 15.9 Å². The van der Waals surface area contributed by atoms with E-state index in [0.717, 1.165) is 15.6 Å². The lowest BCUT2D eigenvalue weighted by atomic mass is 10.2. The maximum atomic E-state index is 12.2. The van der Waals surface area contributed by atoms with Crippen LogP contribution in [0.2, 0.25) is 0 Å². The molecule has 0 saturated carbocycles. The van der Waals surface area contributed by atoms with E-state index in [1.807, 2.05) is 60.7 Å². The highest BCUT2D eigenvalue weighted by Crippen LogP contribution is 2.16. The summed E-state index contributed by atoms with van der Waals surface area (Å²) in [6.07, 6.45) is -1.48. The predicted octanol–water partition coefficient (Wildman–Crippen LogP) is 4.79. The van der Waals surface area contributed by atoms with Crippen molar-refractivity contribution in [1.82, 2.24) is 16.2 Å². The van der Waals surface area contributed by atoms with Gasteiger partial charge >= 0.3 is 12.2 Å². The molecule has 0 aliphatic heterocycles. The van der Waals surface area contributed by atoms with E-state index in [-0.39, 0.29) is 19.2 Å². The van der Waals surface area contributed by atoms with Crippen molar-refractivity contribution in [2.45, 2.75) is 13.2 Å². The Labute approximate surface area is 193 Å². The molecule has 3 aromatic rings. The average Bonchev–Trinajstić information content (AvgIpc) is 2.82. The van der Waals surface area contributed by atoms with E-state index in [2.05, 4.69) is 37.1 Å². The molecule has 3 aromatic carbocycles. The third-order valence-corrected chi connectivity index (χ3v) is 4.53. The largest absolute Gasteiger partial charge is 0.444 e. The number of nitrogens with zero attached hydrogens (tertiary/aromatic N) is 1. The molecule has 164 valence electrons. The van der Waals surface area contributed by atoms with E-state index in [4.69, 9.17) is 9.47 Å². The third-order valence-electron chi connectivity index (χ3n) is 4.00. The Morgan fingerprint density at radius 1 is 0.719 bits per heavy atom. The number of benzene rings is 3. The second-order valence-corrected chi connectivity index (χ2v) is 7.35. The Kier molecular flexibility index (Phi) is 8.64. The lowest BCUT2D eigenvalue weighted by molar-refractivity contribution is 0.136. The zero-order valence-electron chi connectivity index (χ0n) is 17.0. The molecule has 0 unspecified atom stereocenters. The molecular weight excluding hydrogens is 476 g/mol. The van der Waals surface area contributed by atoms with E-state index in [9.17, 15) is 9.59 Å². The molecular formula is C23H21BrN4O4. The number of carbonyl (C=O) groups is 2. The number of aliphatic imine (C=N–C) groups is 1. The number of rotatable bonds is 5. The van der Waals surface area contributed by atoms with Crippen LogP contribution in [-0.4, -0.2) is 18.1 Å². The first-order valence-electron chi connectivity index (χ1n) is 9.63. The first-order valence-corrected chi connectivity index (χ1v) is 10.4. The van der Waals surface area contributed by atoms with E-state index < -0.39 is 12.2 Å². The second-order valence-electron chi connectivity index (χ2n) is 6.44. The molecule has 0 radical (unpaired) electrons. The lowest BCUT2D eigenvalue weighted by Crippen LogP contribution is -2.49. The van der Waals surface area contributed by atoms with Crippen LogP contribution < -0.4 is 16.2 Å². The van der Waals surface area contributed by atoms with Gasteiger partial charge in [-0.1, -0.05) is 76.6 Å². The molecule has 0 spiro atoms. The van der Waals surface area contributed by atoms with Crippen LogP contribution in [0.5, 0.6) is 0 Å². The first-order chi connectivity index (χ1) is 15.6. The molecule has 0 fully saturated rings. The summed E-state index contributed by atoms with van der Waals surface area (Å²) in [6.45, 7) is 0.185. The molecule has 0 bridgehead atoms. The van der Waals surface area contributed by atoms with Crippen molar-refractivity contribution in [3.8, 4) is 0 Å². The molecule has 9 heteroatoms. The van der Waals surface area contributed by atoms with Crippen molar-refractivity contribution in [2.75, 3.05) is 0 Å². The highest BCUT2D eigenvalue weighted by molar-refractivity contribution is 9.10. The number of halogens is 1. The molecule has 8 nitrogen and oxygen atoms in total. The number of hydrazine groups is 1. The molecule has 0 heterocycles. The Hall–Kier alpha value is -3.85. The minimum absolute atomic E-state index is 0.0398. The SMILES string of the molecule is O=C(NNC(=Nc1ccc(Br)cc1)NC(=O)OCc1ccccc1)OCc1ccccc1. The number of hydrogen-bond acceptors (Lipinski definition) is 5. The van der Waals surface area contributed by atoms with Crippen molar-refractivity contribution in [3.05, 3.63) is 101 Å². The fourth-order valence-electron chi connectivity index (χ4n) is 2.46. The molecule has 0 saturated heterocycles. The number of hydrogen-bond donors (Lipinski definition) is 3. The zero-order valence-corrected chi connectivity index (χ0v) is 18.5. The van der Waals surface area contributed by atoms with Crippen molar-refractivity contribution in [1.29, 1.82) is 0 Å². The quantitative estimate of drug-likeness (QED) is 0.267. The maximum Gasteiger partial charge on any atom is 0.426 e. The monoisotopic (exact) mass is 496 g/mol. The van der Waals surface area contributed by atoms with Gasteiger partial charge in [0.1, 0.15) is 13.2 Å². The normalized spacial score (nSPS) is 10.7. The van der Waals surface area contributed by atoms with Crippen molar-refractivity contribution < 1.29 is 19.1 Å². The van der Waals surface area contributed by atoms with Gasteiger partial charge < -0.3 is 9.47 Å². The predicted molar refractivity (Wildman–Crippen MR) is 124 cm³/mol. The first kappa shape index (κ1) is 22.8. The number of ether oxygens (including phenoxy) is 2. The summed E-state index contributed by atoms with van der Waals surface area (Å²) in [4.78, 5) is 28.5. The Morgan fingerprint density at radius 2 is 1.25 bits per heavy atom. The van der Waals surface area contributed by atoms with Gasteiger partial charge in [0.25, 0.3) is 0 Å². The molecule has 0 aliphatic carbocycles. The summed E-state index contributed by atoms with van der Waals surface area (Å²) in [6, 6.07) is 25.6. The summed E-state index contributed by atoms with van der Waals surface area (Å²) >= 11 is 3.35. The second kappa shape index (κ2) is 12.1. The zero-order chi connectivity index (χ0) is 22.6. The van der Waals surface area contributed by atoms with E-state index in [1.54, 1.807) is 24.3 Å². The molecule has 3 rings (SSSR count). The van der Waals surface area contributed by atoms with Gasteiger partial charge in [-0.3, -0.25) is 10.7 Å². The smallest absolute Gasteiger partial charge is 0.426 e. The van der Waals surface area contributed by atoms with Crippen LogP contribution in [0.3, 0.4) is 0 Å². The molecule has 0 atom stereocenters. The fourth-order valence-corrected chi connectivity index (χ4v) is 2.72. The number of carbonyl (C=O) groups excluding carboxylic acids is 2. The van der Waals surface area contributed by atoms with Gasteiger partial charge in [0.15, 0.2) is 0 Å². The minimum Gasteiger partial charge on any atom is -0.444 e. The van der Waals surface area contributed by atoms with Crippen LogP contribution in [0.4, 0.5) is 15.3 Å². The molecule has 3 N–H and O–H groups in total. The van der Waals surface area contributed by atoms with Crippen LogP contribution in [0.15, 0.2) is 94.4 Å². The van der Waals surface area contributed by atoms with Gasteiger partial charge in [0.05, 0.1) is 5.69 Å².